The van der Waals surface area contributed by atoms with Crippen LogP contribution in [-0.4, -0.2) is 17.1 Å². The average molecular weight is 250 g/mol. The minimum Gasteiger partial charge on any atom is -0.480 e. The number of aliphatic carboxylic acids is 1. The molecule has 0 aliphatic carbocycles. The van der Waals surface area contributed by atoms with Crippen molar-refractivity contribution >= 4 is 5.97 Å². The Hall–Kier alpha value is -1.93. The third-order valence-electron chi connectivity index (χ3n) is 2.64. The molecule has 0 aromatic heterocycles. The van der Waals surface area contributed by atoms with Crippen LogP contribution in [0.2, 0.25) is 0 Å². The summed E-state index contributed by atoms with van der Waals surface area (Å²) in [5.41, 5.74) is 0.807. The zero-order valence-electron chi connectivity index (χ0n) is 10.3. The number of halogens is 1. The molecule has 0 amide bonds. The molecule has 0 fully saturated rings. The molecule has 96 valence electrons. The third kappa shape index (κ3) is 3.54. The Morgan fingerprint density at radius 3 is 2.72 bits per heavy atom. The Morgan fingerprint density at radius 1 is 1.56 bits per heavy atom. The van der Waals surface area contributed by atoms with Crippen molar-refractivity contribution in [2.45, 2.75) is 26.4 Å². The highest BCUT2D eigenvalue weighted by Crippen LogP contribution is 2.11. The number of carboxylic acid groups (broad SMARTS) is 1. The Labute approximate surface area is 105 Å². The molecule has 1 aromatic rings. The van der Waals surface area contributed by atoms with E-state index < -0.39 is 17.8 Å². The highest BCUT2D eigenvalue weighted by molar-refractivity contribution is 5.73. The molecule has 1 atom stereocenters. The van der Waals surface area contributed by atoms with E-state index in [4.69, 9.17) is 10.4 Å². The predicted octanol–water partition coefficient (Wildman–Crippen LogP) is 1.90. The highest BCUT2D eigenvalue weighted by atomic mass is 19.1. The van der Waals surface area contributed by atoms with Crippen molar-refractivity contribution in [3.63, 3.8) is 0 Å². The molecule has 2 N–H and O–H groups in total. The van der Waals surface area contributed by atoms with Gasteiger partial charge in [0.05, 0.1) is 11.6 Å². The van der Waals surface area contributed by atoms with E-state index in [0.29, 0.717) is 5.56 Å². The van der Waals surface area contributed by atoms with Gasteiger partial charge in [-0.05, 0) is 23.6 Å². The van der Waals surface area contributed by atoms with Gasteiger partial charge in [0.1, 0.15) is 11.9 Å². The Morgan fingerprint density at radius 2 is 2.22 bits per heavy atom. The average Bonchev–Trinajstić information content (AvgIpc) is 2.30. The van der Waals surface area contributed by atoms with E-state index in [0.717, 1.165) is 6.07 Å². The monoisotopic (exact) mass is 250 g/mol. The van der Waals surface area contributed by atoms with Gasteiger partial charge in [-0.3, -0.25) is 4.79 Å². The zero-order chi connectivity index (χ0) is 13.7. The van der Waals surface area contributed by atoms with Crippen molar-refractivity contribution in [3.8, 4) is 6.07 Å². The van der Waals surface area contributed by atoms with Crippen LogP contribution < -0.4 is 5.32 Å². The topological polar surface area (TPSA) is 73.1 Å². The van der Waals surface area contributed by atoms with Crippen LogP contribution in [0.25, 0.3) is 0 Å². The van der Waals surface area contributed by atoms with Gasteiger partial charge in [0, 0.05) is 6.54 Å². The first kappa shape index (κ1) is 14.1. The first-order chi connectivity index (χ1) is 8.45. The van der Waals surface area contributed by atoms with Gasteiger partial charge in [-0.1, -0.05) is 19.9 Å². The minimum atomic E-state index is -0.939. The first-order valence-electron chi connectivity index (χ1n) is 5.60. The van der Waals surface area contributed by atoms with Gasteiger partial charge in [-0.15, -0.1) is 0 Å². The van der Waals surface area contributed by atoms with E-state index >= 15 is 0 Å². The summed E-state index contributed by atoms with van der Waals surface area (Å²) >= 11 is 0. The summed E-state index contributed by atoms with van der Waals surface area (Å²) in [7, 11) is 0. The Balaban J connectivity index is 2.80. The fourth-order valence-electron chi connectivity index (χ4n) is 1.63. The molecule has 1 aromatic carbocycles. The van der Waals surface area contributed by atoms with Crippen LogP contribution in [-0.2, 0) is 11.3 Å². The zero-order valence-corrected chi connectivity index (χ0v) is 10.3. The normalized spacial score (nSPS) is 12.2. The third-order valence-corrected chi connectivity index (χ3v) is 2.64. The number of hydrogen-bond donors (Lipinski definition) is 2. The lowest BCUT2D eigenvalue weighted by Gasteiger charge is -2.18. The molecule has 0 aliphatic heterocycles. The van der Waals surface area contributed by atoms with E-state index in [-0.39, 0.29) is 18.0 Å². The SMILES string of the molecule is CC(C)C(NCc1ccc(F)cc1C#N)C(=O)O. The molecule has 4 nitrogen and oxygen atoms in total. The Kier molecular flexibility index (Phi) is 4.81. The van der Waals surface area contributed by atoms with Crippen LogP contribution in [0, 0.1) is 23.1 Å². The maximum atomic E-state index is 12.9. The molecule has 0 spiro atoms. The number of carbonyl (C=O) groups is 1. The maximum Gasteiger partial charge on any atom is 0.320 e. The van der Waals surface area contributed by atoms with Crippen LogP contribution in [0.1, 0.15) is 25.0 Å². The van der Waals surface area contributed by atoms with Gasteiger partial charge in [0.2, 0.25) is 0 Å². The molecule has 18 heavy (non-hydrogen) atoms. The second kappa shape index (κ2) is 6.12. The quantitative estimate of drug-likeness (QED) is 0.837. The summed E-state index contributed by atoms with van der Waals surface area (Å²) in [5, 5.41) is 20.7. The maximum absolute atomic E-state index is 12.9. The number of hydrogen-bond acceptors (Lipinski definition) is 3. The van der Waals surface area contributed by atoms with Gasteiger partial charge in [0.15, 0.2) is 0 Å². The molecule has 0 heterocycles. The lowest BCUT2D eigenvalue weighted by atomic mass is 10.0. The van der Waals surface area contributed by atoms with E-state index in [9.17, 15) is 9.18 Å². The van der Waals surface area contributed by atoms with Crippen LogP contribution >= 0.6 is 0 Å². The predicted molar refractivity (Wildman–Crippen MR) is 64.2 cm³/mol. The number of carboxylic acids is 1. The van der Waals surface area contributed by atoms with Crippen LogP contribution in [0.5, 0.6) is 0 Å². The molecule has 0 saturated heterocycles. The molecule has 1 unspecified atom stereocenters. The lowest BCUT2D eigenvalue weighted by molar-refractivity contribution is -0.140. The summed E-state index contributed by atoms with van der Waals surface area (Å²) in [4.78, 5) is 11.0. The molecule has 1 rings (SSSR count). The molecule has 0 aliphatic rings. The smallest absolute Gasteiger partial charge is 0.320 e. The summed E-state index contributed by atoms with van der Waals surface area (Å²) < 4.78 is 12.9. The molecular formula is C13H15FN2O2. The van der Waals surface area contributed by atoms with Gasteiger partial charge < -0.3 is 10.4 Å². The van der Waals surface area contributed by atoms with Gasteiger partial charge in [0.25, 0.3) is 0 Å². The van der Waals surface area contributed by atoms with Crippen molar-refractivity contribution in [2.75, 3.05) is 0 Å². The van der Waals surface area contributed by atoms with E-state index in [1.807, 2.05) is 6.07 Å². The fraction of sp³-hybridized carbons (Fsp3) is 0.385. The van der Waals surface area contributed by atoms with Gasteiger partial charge in [-0.25, -0.2) is 4.39 Å². The van der Waals surface area contributed by atoms with E-state index in [1.54, 1.807) is 13.8 Å². The van der Waals surface area contributed by atoms with Crippen molar-refractivity contribution < 1.29 is 14.3 Å². The standard InChI is InChI=1S/C13H15FN2O2/c1-8(2)12(13(17)18)16-7-9-3-4-11(14)5-10(9)6-15/h3-5,8,12,16H,7H2,1-2H3,(H,17,18). The molecule has 0 radical (unpaired) electrons. The summed E-state index contributed by atoms with van der Waals surface area (Å²) in [6.07, 6.45) is 0. The van der Waals surface area contributed by atoms with Crippen molar-refractivity contribution in [1.82, 2.24) is 5.32 Å². The number of benzene rings is 1. The van der Waals surface area contributed by atoms with Crippen LogP contribution in [0.3, 0.4) is 0 Å². The number of nitrogens with zero attached hydrogens (tertiary/aromatic N) is 1. The van der Waals surface area contributed by atoms with Crippen molar-refractivity contribution in [1.29, 1.82) is 5.26 Å². The molecular weight excluding hydrogens is 235 g/mol. The first-order valence-corrected chi connectivity index (χ1v) is 5.60. The van der Waals surface area contributed by atoms with E-state index in [1.165, 1.54) is 12.1 Å². The minimum absolute atomic E-state index is 0.0755. The highest BCUT2D eigenvalue weighted by Gasteiger charge is 2.20. The number of nitrogens with one attached hydrogen (secondary N) is 1. The van der Waals surface area contributed by atoms with Gasteiger partial charge >= 0.3 is 5.97 Å². The van der Waals surface area contributed by atoms with Crippen molar-refractivity contribution in [3.05, 3.63) is 35.1 Å². The molecule has 5 heteroatoms. The van der Waals surface area contributed by atoms with E-state index in [2.05, 4.69) is 5.32 Å². The largest absolute Gasteiger partial charge is 0.480 e. The van der Waals surface area contributed by atoms with Crippen LogP contribution in [0.4, 0.5) is 4.39 Å². The lowest BCUT2D eigenvalue weighted by Crippen LogP contribution is -2.40. The Bertz CT molecular complexity index is 480. The second-order valence-electron chi connectivity index (χ2n) is 4.35. The van der Waals surface area contributed by atoms with Crippen LogP contribution in [0.15, 0.2) is 18.2 Å². The van der Waals surface area contributed by atoms with Crippen molar-refractivity contribution in [2.24, 2.45) is 5.92 Å². The fourth-order valence-corrected chi connectivity index (χ4v) is 1.63. The second-order valence-corrected chi connectivity index (χ2v) is 4.35. The molecule has 0 saturated carbocycles. The van der Waals surface area contributed by atoms with Gasteiger partial charge in [-0.2, -0.15) is 5.26 Å². The summed E-state index contributed by atoms with van der Waals surface area (Å²) in [6.45, 7) is 3.81. The summed E-state index contributed by atoms with van der Waals surface area (Å²) in [5.74, 6) is -1.49. The number of rotatable bonds is 5. The summed E-state index contributed by atoms with van der Waals surface area (Å²) in [6, 6.07) is 5.08. The number of nitriles is 1. The molecule has 0 bridgehead atoms.